The van der Waals surface area contributed by atoms with E-state index < -0.39 is 0 Å². The molecule has 0 aliphatic heterocycles. The van der Waals surface area contributed by atoms with Crippen molar-refractivity contribution in [2.45, 2.75) is 98.3 Å². The highest BCUT2D eigenvalue weighted by atomic mass is 14.2. The first-order valence-corrected chi connectivity index (χ1v) is 8.26. The van der Waals surface area contributed by atoms with Crippen LogP contribution in [0.5, 0.6) is 0 Å². The fraction of sp³-hybridized carbons (Fsp3) is 1.00. The van der Waals surface area contributed by atoms with E-state index in [4.69, 9.17) is 0 Å². The molecule has 0 aliphatic carbocycles. The van der Waals surface area contributed by atoms with Crippen LogP contribution in [0.1, 0.15) is 98.3 Å². The predicted octanol–water partition coefficient (Wildman–Crippen LogP) is 6.59. The molecule has 2 unspecified atom stereocenters. The quantitative estimate of drug-likeness (QED) is 0.338. The Hall–Kier alpha value is 0. The molecule has 0 bridgehead atoms. The van der Waals surface area contributed by atoms with Gasteiger partial charge in [0.25, 0.3) is 0 Å². The van der Waals surface area contributed by atoms with Crippen LogP contribution >= 0.6 is 0 Å². The largest absolute Gasteiger partial charge is 0.0654 e. The second kappa shape index (κ2) is 12.5. The monoisotopic (exact) mass is 240 g/mol. The van der Waals surface area contributed by atoms with E-state index in [1.807, 2.05) is 0 Å². The third-order valence-corrected chi connectivity index (χ3v) is 4.16. The van der Waals surface area contributed by atoms with Gasteiger partial charge in [-0.3, -0.25) is 0 Å². The molecule has 0 N–H and O–H groups in total. The molecular weight excluding hydrogens is 204 g/mol. The van der Waals surface area contributed by atoms with Gasteiger partial charge >= 0.3 is 0 Å². The molecule has 0 aromatic rings. The van der Waals surface area contributed by atoms with Gasteiger partial charge in [0.15, 0.2) is 0 Å². The Morgan fingerprint density at radius 2 is 1.18 bits per heavy atom. The van der Waals surface area contributed by atoms with Crippen molar-refractivity contribution < 1.29 is 0 Å². The molecule has 0 saturated carbocycles. The maximum absolute atomic E-state index is 2.48. The van der Waals surface area contributed by atoms with Gasteiger partial charge in [-0.1, -0.05) is 98.3 Å². The van der Waals surface area contributed by atoms with Gasteiger partial charge in [0.2, 0.25) is 0 Å². The molecule has 0 amide bonds. The standard InChI is InChI=1S/C17H36/c1-5-8-10-11-12-15-17(14-9-6-2)16(4)13-7-3/h16-17H,5-15H2,1-4H3. The fourth-order valence-corrected chi connectivity index (χ4v) is 2.88. The Bertz CT molecular complexity index is 139. The summed E-state index contributed by atoms with van der Waals surface area (Å²) in [5.41, 5.74) is 0. The molecule has 104 valence electrons. The first kappa shape index (κ1) is 17.0. The summed E-state index contributed by atoms with van der Waals surface area (Å²) in [6, 6.07) is 0. The zero-order valence-electron chi connectivity index (χ0n) is 12.9. The lowest BCUT2D eigenvalue weighted by atomic mass is 9.82. The van der Waals surface area contributed by atoms with E-state index in [9.17, 15) is 0 Å². The van der Waals surface area contributed by atoms with Crippen molar-refractivity contribution in [3.05, 3.63) is 0 Å². The Morgan fingerprint density at radius 1 is 0.588 bits per heavy atom. The van der Waals surface area contributed by atoms with Crippen molar-refractivity contribution >= 4 is 0 Å². The highest BCUT2D eigenvalue weighted by Gasteiger charge is 2.15. The summed E-state index contributed by atoms with van der Waals surface area (Å²) in [6.07, 6.45) is 15.8. The van der Waals surface area contributed by atoms with E-state index in [1.165, 1.54) is 70.6 Å². The molecular formula is C17H36. The van der Waals surface area contributed by atoms with Crippen molar-refractivity contribution in [2.75, 3.05) is 0 Å². The predicted molar refractivity (Wildman–Crippen MR) is 80.5 cm³/mol. The lowest BCUT2D eigenvalue weighted by Gasteiger charge is -2.23. The van der Waals surface area contributed by atoms with Crippen LogP contribution in [0.25, 0.3) is 0 Å². The molecule has 0 fully saturated rings. The average molecular weight is 240 g/mol. The molecule has 0 rings (SSSR count). The van der Waals surface area contributed by atoms with Crippen LogP contribution in [0, 0.1) is 11.8 Å². The molecule has 0 radical (unpaired) electrons. The van der Waals surface area contributed by atoms with Crippen molar-refractivity contribution in [1.29, 1.82) is 0 Å². The zero-order chi connectivity index (χ0) is 12.9. The van der Waals surface area contributed by atoms with E-state index in [0.29, 0.717) is 0 Å². The average Bonchev–Trinajstić information content (AvgIpc) is 2.33. The second-order valence-electron chi connectivity index (χ2n) is 5.87. The lowest BCUT2D eigenvalue weighted by molar-refractivity contribution is 0.282. The Kier molecular flexibility index (Phi) is 12.5. The summed E-state index contributed by atoms with van der Waals surface area (Å²) in [5.74, 6) is 1.97. The smallest absolute Gasteiger partial charge is 0.0388 e. The molecule has 0 spiro atoms. The summed E-state index contributed by atoms with van der Waals surface area (Å²) >= 11 is 0. The highest BCUT2D eigenvalue weighted by molar-refractivity contribution is 4.67. The minimum Gasteiger partial charge on any atom is -0.0654 e. The van der Waals surface area contributed by atoms with Gasteiger partial charge in [0, 0.05) is 0 Å². The van der Waals surface area contributed by atoms with Crippen molar-refractivity contribution in [3.8, 4) is 0 Å². The lowest BCUT2D eigenvalue weighted by Crippen LogP contribution is -2.12. The van der Waals surface area contributed by atoms with Gasteiger partial charge in [-0.25, -0.2) is 0 Å². The van der Waals surface area contributed by atoms with Gasteiger partial charge in [-0.2, -0.15) is 0 Å². The summed E-state index contributed by atoms with van der Waals surface area (Å²) in [6.45, 7) is 9.43. The highest BCUT2D eigenvalue weighted by Crippen LogP contribution is 2.28. The van der Waals surface area contributed by atoms with Crippen LogP contribution in [0.3, 0.4) is 0 Å². The molecule has 0 aromatic carbocycles. The molecule has 0 aromatic heterocycles. The van der Waals surface area contributed by atoms with Crippen LogP contribution in [0.15, 0.2) is 0 Å². The maximum atomic E-state index is 2.48. The normalized spacial score (nSPS) is 14.8. The third-order valence-electron chi connectivity index (χ3n) is 4.16. The van der Waals surface area contributed by atoms with Gasteiger partial charge in [0.1, 0.15) is 0 Å². The number of rotatable bonds is 12. The summed E-state index contributed by atoms with van der Waals surface area (Å²) in [5, 5.41) is 0. The number of hydrogen-bond acceptors (Lipinski definition) is 0. The van der Waals surface area contributed by atoms with Crippen molar-refractivity contribution in [3.63, 3.8) is 0 Å². The van der Waals surface area contributed by atoms with E-state index >= 15 is 0 Å². The number of unbranched alkanes of at least 4 members (excludes halogenated alkanes) is 5. The van der Waals surface area contributed by atoms with Crippen molar-refractivity contribution in [2.24, 2.45) is 11.8 Å². The minimum atomic E-state index is 0.956. The van der Waals surface area contributed by atoms with Crippen LogP contribution in [-0.2, 0) is 0 Å². The molecule has 17 heavy (non-hydrogen) atoms. The van der Waals surface area contributed by atoms with Gasteiger partial charge < -0.3 is 0 Å². The van der Waals surface area contributed by atoms with Gasteiger partial charge in [-0.15, -0.1) is 0 Å². The van der Waals surface area contributed by atoms with Crippen LogP contribution in [0.2, 0.25) is 0 Å². The summed E-state index contributed by atoms with van der Waals surface area (Å²) < 4.78 is 0. The van der Waals surface area contributed by atoms with Crippen LogP contribution in [-0.4, -0.2) is 0 Å². The Labute approximate surface area is 111 Å². The maximum Gasteiger partial charge on any atom is -0.0388 e. The van der Waals surface area contributed by atoms with E-state index in [-0.39, 0.29) is 0 Å². The van der Waals surface area contributed by atoms with Crippen LogP contribution in [0.4, 0.5) is 0 Å². The molecule has 2 atom stereocenters. The van der Waals surface area contributed by atoms with Gasteiger partial charge in [-0.05, 0) is 11.8 Å². The minimum absolute atomic E-state index is 0.956. The molecule has 0 heterocycles. The van der Waals surface area contributed by atoms with Crippen LogP contribution < -0.4 is 0 Å². The van der Waals surface area contributed by atoms with E-state index in [0.717, 1.165) is 11.8 Å². The molecule has 0 heteroatoms. The fourth-order valence-electron chi connectivity index (χ4n) is 2.88. The number of hydrogen-bond donors (Lipinski definition) is 0. The SMILES string of the molecule is CCCCCCCC(CCCC)C(C)CCC. The van der Waals surface area contributed by atoms with E-state index in [1.54, 1.807) is 0 Å². The third kappa shape index (κ3) is 9.68. The summed E-state index contributed by atoms with van der Waals surface area (Å²) in [7, 11) is 0. The first-order valence-electron chi connectivity index (χ1n) is 8.26. The Morgan fingerprint density at radius 3 is 1.76 bits per heavy atom. The molecule has 0 aliphatic rings. The van der Waals surface area contributed by atoms with Gasteiger partial charge in [0.05, 0.1) is 0 Å². The van der Waals surface area contributed by atoms with E-state index in [2.05, 4.69) is 27.7 Å². The zero-order valence-corrected chi connectivity index (χ0v) is 12.9. The topological polar surface area (TPSA) is 0 Å². The summed E-state index contributed by atoms with van der Waals surface area (Å²) in [4.78, 5) is 0. The first-order chi connectivity index (χ1) is 8.26. The second-order valence-corrected chi connectivity index (χ2v) is 5.87. The molecule has 0 nitrogen and oxygen atoms in total. The molecule has 0 saturated heterocycles. The van der Waals surface area contributed by atoms with Crippen molar-refractivity contribution in [1.82, 2.24) is 0 Å². The Balaban J connectivity index is 3.75.